The number of esters is 3. The van der Waals surface area contributed by atoms with Crippen molar-refractivity contribution in [2.24, 2.45) is 35.3 Å². The molecule has 0 atom stereocenters. The molecule has 0 saturated heterocycles. The van der Waals surface area contributed by atoms with E-state index in [4.69, 9.17) is 107 Å². The number of hydrogen-bond donors (Lipinski definition) is 6. The van der Waals surface area contributed by atoms with Crippen LogP contribution in [-0.2, 0) is 57.8 Å². The second kappa shape index (κ2) is 66.0. The van der Waals surface area contributed by atoms with Crippen LogP contribution in [0, 0.1) is 29.6 Å². The van der Waals surface area contributed by atoms with Crippen LogP contribution in [0.25, 0.3) is 60.6 Å². The quantitative estimate of drug-likeness (QED) is 0.00504. The number of benzene rings is 5. The molecular formula is C104H139Cl6K2MnN15O13. The Kier molecular flexibility index (Phi) is 58.1. The van der Waals surface area contributed by atoms with E-state index in [9.17, 15) is 24.3 Å². The summed E-state index contributed by atoms with van der Waals surface area (Å²) in [6.45, 7) is 12.0. The molecule has 5 aliphatic rings. The van der Waals surface area contributed by atoms with E-state index in [2.05, 4.69) is 146 Å². The zero-order valence-corrected chi connectivity index (χ0v) is 96.1. The van der Waals surface area contributed by atoms with E-state index in [0.29, 0.717) is 102 Å². The fourth-order valence-electron chi connectivity index (χ4n) is 18.6. The van der Waals surface area contributed by atoms with Crippen LogP contribution in [0.3, 0.4) is 0 Å². The van der Waals surface area contributed by atoms with Crippen LogP contribution >= 0.6 is 69.6 Å². The average molecular weight is 2150 g/mol. The summed E-state index contributed by atoms with van der Waals surface area (Å²) in [5, 5.41) is 40.7. The Balaban J connectivity index is 0.000000300. The summed E-state index contributed by atoms with van der Waals surface area (Å²) >= 11 is 35.4. The molecule has 0 radical (unpaired) electrons. The Morgan fingerprint density at radius 2 is 0.695 bits per heavy atom. The number of aliphatic hydroxyl groups is 1. The van der Waals surface area contributed by atoms with E-state index in [-0.39, 0.29) is 135 Å². The van der Waals surface area contributed by atoms with Crippen molar-refractivity contribution < 1.29 is 180 Å². The van der Waals surface area contributed by atoms with Gasteiger partial charge in [0.25, 0.3) is 6.47 Å². The SMILES string of the molecule is CCOC(=O)/C=C/c1cnc2ccc(Cl)cc2c1NC1CCC(CN(C)C)CC1.CCOC(=O)c1cnc2ccc(Cl)cc2c1Cl.CCOC(=O)c1cnc2ccc(Cl)cc2c1NC1CCC(CN(C)C)CC1.CN(C)CC1CCC(N)CC1.CN(C)CC1CCC(Nc2c(C=O)cnc3ccc(Cl)cc23)CC1.CN(C)CC1CCC(Nc2c(CO)cnc3ccc(Cl)cc23)CC1.O=CO[O-].[H-].[K+].[K+].[O]=[Mn]=[O]. The number of pyridine rings is 5. The van der Waals surface area contributed by atoms with Gasteiger partial charge in [-0.2, -0.15) is 0 Å². The Morgan fingerprint density at radius 1 is 0.418 bits per heavy atom. The summed E-state index contributed by atoms with van der Waals surface area (Å²) in [7, 11) is 21.4. The van der Waals surface area contributed by atoms with Gasteiger partial charge in [0, 0.05) is 163 Å². The van der Waals surface area contributed by atoms with Gasteiger partial charge < -0.3 is 82.4 Å². The van der Waals surface area contributed by atoms with Crippen molar-refractivity contribution in [2.75, 3.05) is 144 Å². The number of carbonyl (C=O) groups excluding carboxylic acids is 5. The molecule has 15 rings (SSSR count). The minimum absolute atomic E-state index is 0. The number of anilines is 4. The second-order valence-electron chi connectivity index (χ2n) is 37.3. The second-order valence-corrected chi connectivity index (χ2v) is 40.0. The molecule has 5 heterocycles. The third-order valence-corrected chi connectivity index (χ3v) is 26.6. The molecule has 0 aliphatic heterocycles. The number of rotatable bonds is 28. The van der Waals surface area contributed by atoms with Crippen molar-refractivity contribution >= 4 is 184 Å². The standard InChI is InChI=1S/C23H30ClN3O2.C21H28ClN3O2.C19H26ClN3O.C19H24ClN3O.C12H9Cl2NO2.C9H20N2.CH2O3.2K.Mn.2O.H/c1-4-29-22(28)12-7-17-14-25-21-11-8-18(24)13-20(21)23(17)26-19-9-5-16(6-10-19)15-27(2)3;1-4-27-21(26)18-12-23-19-10-7-15(22)11-17(19)20(18)24-16-8-5-14(6-9-16)13-25(2)3;2*1-23(2)11-13-3-6-16(7-4-13)22-19-14(12-24)10-21-18-8-5-15(20)9-17(18)19;1-2-17-12(16)9-6-15-10-4-3-7(13)5-8(10)11(9)14;1-11(2)7-8-3-5-9(10)6-4-8;2-1-4-3;;;;;;/h7-8,11-14,16,19H,4-6,9-10,15H2,1-3H3,(H,25,26);7,10-12,14,16H,4-6,8-9,13H2,1-3H3,(H,23,24);5,8-10,13,16,24H,3-4,6-7,11-12H2,1-2H3,(H,21,22);5,8-10,12-13,16H,3-4,6-7,11H2,1-2H3,(H,21,22);3-6H,2H2,1H3;8-9H,3-7,10H2,1-2H3;1,3H;;;;;;/q;;;;;;;2*+1;;;;-1/p-1/b12-7+;;;;;;;;;;;;. The van der Waals surface area contributed by atoms with Crippen LogP contribution in [-0.4, -0.2) is 238 Å². The topological polar surface area (TPSA) is 354 Å². The van der Waals surface area contributed by atoms with Gasteiger partial charge in [0.2, 0.25) is 0 Å². The first kappa shape index (κ1) is 124. The van der Waals surface area contributed by atoms with E-state index < -0.39 is 20.8 Å². The van der Waals surface area contributed by atoms with E-state index in [1.807, 2.05) is 79.7 Å². The van der Waals surface area contributed by atoms with Crippen LogP contribution in [0.4, 0.5) is 22.7 Å². The van der Waals surface area contributed by atoms with Gasteiger partial charge >= 0.3 is 143 Å². The van der Waals surface area contributed by atoms with E-state index >= 15 is 0 Å². The first-order valence-corrected chi connectivity index (χ1v) is 50.9. The summed E-state index contributed by atoms with van der Waals surface area (Å²) in [5.41, 5.74) is 16.6. The van der Waals surface area contributed by atoms with E-state index in [0.717, 1.165) is 184 Å². The van der Waals surface area contributed by atoms with Crippen molar-refractivity contribution in [2.45, 2.75) is 186 Å². The molecule has 0 bridgehead atoms. The molecule has 0 unspecified atom stereocenters. The average Bonchev–Trinajstić information content (AvgIpc) is 0.807. The van der Waals surface area contributed by atoms with Gasteiger partial charge in [-0.25, -0.2) is 14.4 Å². The number of aliphatic hydroxyl groups excluding tert-OH is 1. The maximum atomic E-state index is 12.5. The Hall–Kier alpha value is -5.55. The molecule has 0 amide bonds. The summed E-state index contributed by atoms with van der Waals surface area (Å²) in [4.78, 5) is 91.8. The van der Waals surface area contributed by atoms with Gasteiger partial charge in [-0.1, -0.05) is 69.6 Å². The maximum absolute atomic E-state index is 12.5. The summed E-state index contributed by atoms with van der Waals surface area (Å²) in [5.74, 6) is 2.79. The summed E-state index contributed by atoms with van der Waals surface area (Å²) < 4.78 is 32.0. The molecule has 37 heteroatoms. The number of nitrogens with zero attached hydrogens (tertiary/aromatic N) is 10. The summed E-state index contributed by atoms with van der Waals surface area (Å²) in [6, 6.07) is 29.8. The molecule has 5 saturated carbocycles. The molecule has 5 fully saturated rings. The normalized spacial score (nSPS) is 19.2. The number of ether oxygens (including phenoxy) is 3. The Labute approximate surface area is 953 Å². The van der Waals surface area contributed by atoms with Crippen LogP contribution in [0.1, 0.15) is 193 Å². The molecule has 759 valence electrons. The fraction of sp³-hybridized carbons (Fsp3) is 0.500. The van der Waals surface area contributed by atoms with Gasteiger partial charge in [0.05, 0.1) is 92.9 Å². The third-order valence-electron chi connectivity index (χ3n) is 25.0. The van der Waals surface area contributed by atoms with Crippen molar-refractivity contribution in [1.82, 2.24) is 49.4 Å². The van der Waals surface area contributed by atoms with Gasteiger partial charge in [-0.3, -0.25) is 34.5 Å². The molecule has 5 aromatic heterocycles. The van der Waals surface area contributed by atoms with Crippen LogP contribution in [0.2, 0.25) is 30.1 Å². The first-order valence-electron chi connectivity index (χ1n) is 47.7. The molecule has 0 spiro atoms. The number of halogens is 6. The predicted octanol–water partition coefficient (Wildman–Crippen LogP) is 14.8. The Bertz CT molecular complexity index is 5650. The predicted molar refractivity (Wildman–Crippen MR) is 557 cm³/mol. The number of hydrogen-bond acceptors (Lipinski definition) is 28. The fourth-order valence-corrected chi connectivity index (χ4v) is 19.8. The molecule has 7 N–H and O–H groups in total. The number of fused-ring (bicyclic) bond motifs is 5. The minimum atomic E-state index is -1.44. The number of nitrogens with one attached hydrogen (secondary N) is 4. The van der Waals surface area contributed by atoms with Crippen LogP contribution in [0.5, 0.6) is 0 Å². The van der Waals surface area contributed by atoms with Crippen LogP contribution in [0.15, 0.2) is 128 Å². The number of carbonyl (C=O) groups is 5. The third kappa shape index (κ3) is 41.8. The summed E-state index contributed by atoms with van der Waals surface area (Å²) in [6.07, 6.45) is 36.2. The number of nitrogens with two attached hydrogens (primary N) is 1. The van der Waals surface area contributed by atoms with Gasteiger partial charge in [0.1, 0.15) is 5.56 Å². The molecule has 5 aliphatic carbocycles. The zero-order valence-electron chi connectivity index (χ0n) is 85.2. The number of aldehydes is 1. The molecule has 141 heavy (non-hydrogen) atoms. The molecular weight excluding hydrogens is 2010 g/mol. The molecule has 28 nitrogen and oxygen atoms in total. The van der Waals surface area contributed by atoms with Crippen molar-refractivity contribution in [3.63, 3.8) is 0 Å². The first-order chi connectivity index (χ1) is 66.7. The Morgan fingerprint density at radius 3 is 1.03 bits per heavy atom. The van der Waals surface area contributed by atoms with Crippen molar-refractivity contribution in [3.05, 3.63) is 186 Å². The molecule has 10 aromatic rings. The molecule has 5 aromatic carbocycles. The van der Waals surface area contributed by atoms with Gasteiger partial charge in [0.15, 0.2) is 6.29 Å². The van der Waals surface area contributed by atoms with Gasteiger partial charge in [-0.05, 0) is 346 Å². The van der Waals surface area contributed by atoms with Crippen molar-refractivity contribution in [1.29, 1.82) is 0 Å². The number of aromatic nitrogens is 5. The van der Waals surface area contributed by atoms with Gasteiger partial charge in [-0.15, -0.1) is 0 Å². The monoisotopic (exact) mass is 2150 g/mol. The van der Waals surface area contributed by atoms with Crippen molar-refractivity contribution in [3.8, 4) is 0 Å². The van der Waals surface area contributed by atoms with Crippen LogP contribution < -0.4 is 135 Å². The zero-order chi connectivity index (χ0) is 101. The van der Waals surface area contributed by atoms with E-state index in [1.54, 1.807) is 62.9 Å². The van der Waals surface area contributed by atoms with E-state index in [1.165, 1.54) is 102 Å².